The molecule has 1 aromatic heterocycles. The topological polar surface area (TPSA) is 43.8 Å². The molecule has 2 N–H and O–H groups in total. The summed E-state index contributed by atoms with van der Waals surface area (Å²) in [7, 11) is 1.95. The molecule has 0 unspecified atom stereocenters. The summed E-state index contributed by atoms with van der Waals surface area (Å²) >= 11 is 12.4. The van der Waals surface area contributed by atoms with E-state index in [0.29, 0.717) is 21.3 Å². The minimum atomic E-state index is 0.454. The Labute approximate surface area is 126 Å². The molecule has 0 spiro atoms. The van der Waals surface area contributed by atoms with Crippen molar-refractivity contribution in [3.05, 3.63) is 45.9 Å². The lowest BCUT2D eigenvalue weighted by Gasteiger charge is -2.10. The lowest BCUT2D eigenvalue weighted by molar-refractivity contribution is 0.956. The van der Waals surface area contributed by atoms with Gasteiger partial charge in [0, 0.05) is 7.05 Å². The normalized spacial score (nSPS) is 11.2. The van der Waals surface area contributed by atoms with Gasteiger partial charge in [0.25, 0.3) is 0 Å². The molecule has 0 aliphatic rings. The molecule has 5 heteroatoms. The quantitative estimate of drug-likeness (QED) is 0.676. The van der Waals surface area contributed by atoms with E-state index >= 15 is 0 Å². The number of hydrogen-bond acceptors (Lipinski definition) is 2. The molecule has 3 rings (SSSR count). The van der Waals surface area contributed by atoms with E-state index < -0.39 is 0 Å². The average Bonchev–Trinajstić information content (AvgIpc) is 2.74. The van der Waals surface area contributed by atoms with Crippen molar-refractivity contribution in [2.45, 2.75) is 6.92 Å². The van der Waals surface area contributed by atoms with E-state index in [1.54, 1.807) is 12.1 Å². The van der Waals surface area contributed by atoms with E-state index in [-0.39, 0.29) is 0 Å². The second kappa shape index (κ2) is 4.69. The maximum absolute atomic E-state index is 6.28. The molecule has 2 aromatic carbocycles. The van der Waals surface area contributed by atoms with Crippen LogP contribution in [0.25, 0.3) is 22.4 Å². The van der Waals surface area contributed by atoms with Crippen molar-refractivity contribution >= 4 is 39.9 Å². The van der Waals surface area contributed by atoms with Gasteiger partial charge in [0.1, 0.15) is 5.82 Å². The van der Waals surface area contributed by atoms with Crippen molar-refractivity contribution < 1.29 is 0 Å². The van der Waals surface area contributed by atoms with Crippen molar-refractivity contribution in [2.75, 3.05) is 5.73 Å². The molecule has 0 aliphatic carbocycles. The highest BCUT2D eigenvalue weighted by atomic mass is 35.5. The molecule has 3 nitrogen and oxygen atoms in total. The third-order valence-corrected chi connectivity index (χ3v) is 4.11. The number of para-hydroxylation sites is 1. The number of nitrogens with zero attached hydrogens (tertiary/aromatic N) is 2. The van der Waals surface area contributed by atoms with Gasteiger partial charge in [-0.05, 0) is 30.7 Å². The molecule has 20 heavy (non-hydrogen) atoms. The number of benzene rings is 2. The van der Waals surface area contributed by atoms with Crippen LogP contribution in [0.5, 0.6) is 0 Å². The summed E-state index contributed by atoms with van der Waals surface area (Å²) < 4.78 is 2.00. The average molecular weight is 306 g/mol. The fourth-order valence-corrected chi connectivity index (χ4v) is 2.89. The molecule has 102 valence electrons. The first-order valence-corrected chi connectivity index (χ1v) is 6.92. The molecular formula is C15H13Cl2N3. The number of rotatable bonds is 1. The minimum Gasteiger partial charge on any atom is -0.397 e. The first kappa shape index (κ1) is 13.3. The zero-order chi connectivity index (χ0) is 14.4. The van der Waals surface area contributed by atoms with E-state index in [1.807, 2.05) is 23.7 Å². The molecule has 0 atom stereocenters. The summed E-state index contributed by atoms with van der Waals surface area (Å²) in [6, 6.07) is 9.44. The van der Waals surface area contributed by atoms with Gasteiger partial charge >= 0.3 is 0 Å². The Balaban J connectivity index is 2.40. The molecule has 3 aromatic rings. The van der Waals surface area contributed by atoms with Crippen LogP contribution >= 0.6 is 23.2 Å². The monoisotopic (exact) mass is 305 g/mol. The lowest BCUT2D eigenvalue weighted by atomic mass is 10.1. The van der Waals surface area contributed by atoms with Gasteiger partial charge in [0.15, 0.2) is 0 Å². The first-order chi connectivity index (χ1) is 9.50. The zero-order valence-electron chi connectivity index (χ0n) is 11.1. The standard InChI is InChI=1S/C15H13Cl2N3/c1-8-4-3-5-11-14(8)20(2)15(19-11)12-9(16)6-7-10(17)13(12)18/h3-7H,18H2,1-2H3. The van der Waals surface area contributed by atoms with Crippen molar-refractivity contribution in [2.24, 2.45) is 7.05 Å². The smallest absolute Gasteiger partial charge is 0.144 e. The second-order valence-corrected chi connectivity index (χ2v) is 5.57. The molecule has 0 radical (unpaired) electrons. The number of nitrogens with two attached hydrogens (primary N) is 1. The third-order valence-electron chi connectivity index (χ3n) is 3.46. The summed E-state index contributed by atoms with van der Waals surface area (Å²) in [6.45, 7) is 2.05. The predicted octanol–water partition coefficient (Wildman–Crippen LogP) is 4.44. The van der Waals surface area contributed by atoms with Crippen LogP contribution in [-0.2, 0) is 7.05 Å². The Morgan fingerprint density at radius 1 is 1.10 bits per heavy atom. The van der Waals surface area contributed by atoms with E-state index in [9.17, 15) is 0 Å². The Hall–Kier alpha value is -1.71. The van der Waals surface area contributed by atoms with Crippen LogP contribution in [0.15, 0.2) is 30.3 Å². The maximum Gasteiger partial charge on any atom is 0.144 e. The lowest BCUT2D eigenvalue weighted by Crippen LogP contribution is -1.99. The van der Waals surface area contributed by atoms with Crippen LogP contribution < -0.4 is 5.73 Å². The van der Waals surface area contributed by atoms with Gasteiger partial charge in [0.05, 0.1) is 32.3 Å². The Morgan fingerprint density at radius 2 is 1.80 bits per heavy atom. The van der Waals surface area contributed by atoms with E-state index in [2.05, 4.69) is 18.0 Å². The number of hydrogen-bond donors (Lipinski definition) is 1. The predicted molar refractivity (Wildman–Crippen MR) is 85.3 cm³/mol. The molecule has 0 saturated carbocycles. The number of nitrogen functional groups attached to an aromatic ring is 1. The third kappa shape index (κ3) is 1.86. The first-order valence-electron chi connectivity index (χ1n) is 6.16. The maximum atomic E-state index is 6.28. The number of aryl methyl sites for hydroxylation is 2. The summed E-state index contributed by atoms with van der Waals surface area (Å²) in [5.74, 6) is 0.722. The highest BCUT2D eigenvalue weighted by molar-refractivity contribution is 6.37. The molecule has 0 fully saturated rings. The summed E-state index contributed by atoms with van der Waals surface area (Å²) in [4.78, 5) is 4.65. The van der Waals surface area contributed by atoms with Crippen LogP contribution in [0, 0.1) is 6.92 Å². The van der Waals surface area contributed by atoms with Crippen LogP contribution in [0.3, 0.4) is 0 Å². The van der Waals surface area contributed by atoms with Gasteiger partial charge in [-0.3, -0.25) is 0 Å². The van der Waals surface area contributed by atoms with E-state index in [4.69, 9.17) is 28.9 Å². The highest BCUT2D eigenvalue weighted by Gasteiger charge is 2.18. The molecule has 0 aliphatic heterocycles. The second-order valence-electron chi connectivity index (χ2n) is 4.75. The Morgan fingerprint density at radius 3 is 2.50 bits per heavy atom. The van der Waals surface area contributed by atoms with Gasteiger partial charge in [0.2, 0.25) is 0 Å². The molecular weight excluding hydrogens is 293 g/mol. The number of halogens is 2. The molecule has 0 bridgehead atoms. The van der Waals surface area contributed by atoms with Gasteiger partial charge in [-0.25, -0.2) is 4.98 Å². The number of fused-ring (bicyclic) bond motifs is 1. The number of anilines is 1. The number of imidazole rings is 1. The van der Waals surface area contributed by atoms with E-state index in [1.165, 1.54) is 0 Å². The van der Waals surface area contributed by atoms with Crippen LogP contribution in [0.4, 0.5) is 5.69 Å². The van der Waals surface area contributed by atoms with Crippen molar-refractivity contribution in [3.63, 3.8) is 0 Å². The minimum absolute atomic E-state index is 0.454. The highest BCUT2D eigenvalue weighted by Crippen LogP contribution is 2.38. The fraction of sp³-hybridized carbons (Fsp3) is 0.133. The van der Waals surface area contributed by atoms with Crippen LogP contribution in [0.2, 0.25) is 10.0 Å². The number of aromatic nitrogens is 2. The van der Waals surface area contributed by atoms with Gasteiger partial charge in [-0.15, -0.1) is 0 Å². The van der Waals surface area contributed by atoms with Gasteiger partial charge < -0.3 is 10.3 Å². The largest absolute Gasteiger partial charge is 0.397 e. The molecule has 1 heterocycles. The van der Waals surface area contributed by atoms with Crippen molar-refractivity contribution in [3.8, 4) is 11.4 Å². The summed E-state index contributed by atoms with van der Waals surface area (Å²) in [5, 5.41) is 1.02. The fourth-order valence-electron chi connectivity index (χ4n) is 2.48. The molecule has 0 amide bonds. The Kier molecular flexibility index (Phi) is 3.11. The van der Waals surface area contributed by atoms with Crippen LogP contribution in [-0.4, -0.2) is 9.55 Å². The van der Waals surface area contributed by atoms with Gasteiger partial charge in [-0.2, -0.15) is 0 Å². The zero-order valence-corrected chi connectivity index (χ0v) is 12.6. The van der Waals surface area contributed by atoms with Crippen molar-refractivity contribution in [1.29, 1.82) is 0 Å². The summed E-state index contributed by atoms with van der Waals surface area (Å²) in [5.41, 5.74) is 10.3. The summed E-state index contributed by atoms with van der Waals surface area (Å²) in [6.07, 6.45) is 0. The van der Waals surface area contributed by atoms with Gasteiger partial charge in [-0.1, -0.05) is 35.3 Å². The van der Waals surface area contributed by atoms with E-state index in [0.717, 1.165) is 22.4 Å². The Bertz CT molecular complexity index is 822. The SMILES string of the molecule is Cc1cccc2nc(-c3c(Cl)ccc(Cl)c3N)n(C)c12. The van der Waals surface area contributed by atoms with Crippen LogP contribution in [0.1, 0.15) is 5.56 Å². The van der Waals surface area contributed by atoms with Crippen molar-refractivity contribution in [1.82, 2.24) is 9.55 Å². The molecule has 0 saturated heterocycles.